The second-order valence-electron chi connectivity index (χ2n) is 7.63. The molecule has 5 rings (SSSR count). The highest BCUT2D eigenvalue weighted by Gasteiger charge is 2.25. The lowest BCUT2D eigenvalue weighted by Crippen LogP contribution is -2.22. The van der Waals surface area contributed by atoms with Crippen LogP contribution in [0, 0.1) is 0 Å². The summed E-state index contributed by atoms with van der Waals surface area (Å²) in [6, 6.07) is 11.6. The molecule has 0 aliphatic carbocycles. The maximum absolute atomic E-state index is 12.4. The van der Waals surface area contributed by atoms with Crippen molar-refractivity contribution in [1.29, 1.82) is 0 Å². The van der Waals surface area contributed by atoms with Crippen molar-refractivity contribution >= 4 is 66.8 Å². The molecular formula is C24H14N2O8. The van der Waals surface area contributed by atoms with Crippen molar-refractivity contribution in [1.82, 2.24) is 11.0 Å². The summed E-state index contributed by atoms with van der Waals surface area (Å²) in [7, 11) is 0. The summed E-state index contributed by atoms with van der Waals surface area (Å²) in [5.74, 6) is -4.33. The monoisotopic (exact) mass is 458 g/mol. The Kier molecular flexibility index (Phi) is 4.57. The van der Waals surface area contributed by atoms with Gasteiger partial charge in [0.25, 0.3) is 11.8 Å². The SMILES string of the molecule is O=C(O)c1ccc2c3ccc(C(=O)NO)c4c(C(=O)NO)ccc(c5ccc(C(=O)O)c1c25)c43. The van der Waals surface area contributed by atoms with Gasteiger partial charge in [0.05, 0.1) is 22.3 Å². The fraction of sp³-hybridized carbons (Fsp3) is 0. The lowest BCUT2D eigenvalue weighted by Gasteiger charge is -2.19. The van der Waals surface area contributed by atoms with E-state index in [2.05, 4.69) is 0 Å². The Morgan fingerprint density at radius 3 is 1.06 bits per heavy atom. The molecule has 0 heterocycles. The van der Waals surface area contributed by atoms with Crippen LogP contribution in [0.5, 0.6) is 0 Å². The van der Waals surface area contributed by atoms with Crippen LogP contribution in [0.15, 0.2) is 48.5 Å². The summed E-state index contributed by atoms with van der Waals surface area (Å²) in [5.41, 5.74) is 2.67. The molecule has 5 aromatic carbocycles. The number of benzene rings is 5. The van der Waals surface area contributed by atoms with E-state index in [1.807, 2.05) is 0 Å². The number of aromatic carboxylic acids is 2. The van der Waals surface area contributed by atoms with Crippen LogP contribution < -0.4 is 11.0 Å². The van der Waals surface area contributed by atoms with E-state index >= 15 is 0 Å². The minimum Gasteiger partial charge on any atom is -0.478 e. The van der Waals surface area contributed by atoms with E-state index in [-0.39, 0.29) is 33.0 Å². The number of hydrogen-bond acceptors (Lipinski definition) is 6. The van der Waals surface area contributed by atoms with Crippen LogP contribution in [0.4, 0.5) is 0 Å². The van der Waals surface area contributed by atoms with Gasteiger partial charge in [0.2, 0.25) is 0 Å². The van der Waals surface area contributed by atoms with Crippen LogP contribution in [-0.2, 0) is 0 Å². The topological polar surface area (TPSA) is 173 Å². The molecule has 0 atom stereocenters. The molecule has 0 spiro atoms. The minimum atomic E-state index is -1.29. The molecule has 6 N–H and O–H groups in total. The minimum absolute atomic E-state index is 0.0364. The quantitative estimate of drug-likeness (QED) is 0.103. The standard InChI is InChI=1S/C24H14N2O8/c27-21(25-33)13-5-1-9-11-3-7-15(23(29)30)20-16(24(31)32)8-4-12(18(11)20)10-2-6-14(22(28)26-34)19(13)17(9)10/h1-8,33-34H,(H,25,27)(H,26,28)(H,29,30)(H,31,32). The van der Waals surface area contributed by atoms with Gasteiger partial charge in [0.1, 0.15) is 0 Å². The van der Waals surface area contributed by atoms with Crippen LogP contribution in [0.3, 0.4) is 0 Å². The molecule has 0 radical (unpaired) electrons. The third-order valence-corrected chi connectivity index (χ3v) is 6.05. The van der Waals surface area contributed by atoms with Crippen LogP contribution in [0.25, 0.3) is 43.1 Å². The van der Waals surface area contributed by atoms with Gasteiger partial charge in [-0.1, -0.05) is 24.3 Å². The molecule has 0 aliphatic rings. The summed E-state index contributed by atoms with van der Waals surface area (Å²) in [5, 5.41) is 41.0. The molecule has 10 heteroatoms. The van der Waals surface area contributed by atoms with E-state index in [0.717, 1.165) is 0 Å². The van der Waals surface area contributed by atoms with E-state index in [0.29, 0.717) is 32.3 Å². The lowest BCUT2D eigenvalue weighted by molar-refractivity contribution is 0.0690. The second kappa shape index (κ2) is 7.37. The average molecular weight is 458 g/mol. The van der Waals surface area contributed by atoms with Gasteiger partial charge in [-0.2, -0.15) is 0 Å². The van der Waals surface area contributed by atoms with Gasteiger partial charge < -0.3 is 10.2 Å². The summed E-state index contributed by atoms with van der Waals surface area (Å²) < 4.78 is 0. The van der Waals surface area contributed by atoms with Gasteiger partial charge in [-0.3, -0.25) is 20.0 Å². The van der Waals surface area contributed by atoms with Gasteiger partial charge in [-0.25, -0.2) is 20.5 Å². The molecule has 2 amide bonds. The summed E-state index contributed by atoms with van der Waals surface area (Å²) in [6.07, 6.45) is 0. The molecule has 0 aromatic heterocycles. The number of fused-ring (bicyclic) bond motifs is 2. The van der Waals surface area contributed by atoms with Crippen molar-refractivity contribution in [2.75, 3.05) is 0 Å². The third kappa shape index (κ3) is 2.70. The fourth-order valence-electron chi connectivity index (χ4n) is 4.74. The maximum Gasteiger partial charge on any atom is 0.336 e. The van der Waals surface area contributed by atoms with E-state index in [4.69, 9.17) is 0 Å². The number of hydrogen-bond donors (Lipinski definition) is 6. The zero-order valence-corrected chi connectivity index (χ0v) is 17.0. The maximum atomic E-state index is 12.4. The molecule has 0 aliphatic heterocycles. The van der Waals surface area contributed by atoms with Crippen molar-refractivity contribution in [3.05, 3.63) is 70.8 Å². The van der Waals surface area contributed by atoms with Crippen molar-refractivity contribution in [2.45, 2.75) is 0 Å². The zero-order valence-electron chi connectivity index (χ0n) is 17.0. The Hall–Kier alpha value is -4.80. The van der Waals surface area contributed by atoms with E-state index in [1.54, 1.807) is 35.2 Å². The van der Waals surface area contributed by atoms with Crippen molar-refractivity contribution in [3.8, 4) is 0 Å². The highest BCUT2D eigenvalue weighted by atomic mass is 16.5. The van der Waals surface area contributed by atoms with Gasteiger partial charge >= 0.3 is 11.9 Å². The number of carbonyl (C=O) groups excluding carboxylic acids is 2. The summed E-state index contributed by atoms with van der Waals surface area (Å²) in [4.78, 5) is 48.7. The second-order valence-corrected chi connectivity index (χ2v) is 7.63. The van der Waals surface area contributed by atoms with Crippen LogP contribution >= 0.6 is 0 Å². The molecule has 5 aromatic rings. The highest BCUT2D eigenvalue weighted by Crippen LogP contribution is 2.43. The van der Waals surface area contributed by atoms with Crippen molar-refractivity contribution in [3.63, 3.8) is 0 Å². The first kappa shape index (κ1) is 21.1. The summed E-state index contributed by atoms with van der Waals surface area (Å²) >= 11 is 0. The molecule has 0 unspecified atom stereocenters. The predicted molar refractivity (Wildman–Crippen MR) is 120 cm³/mol. The van der Waals surface area contributed by atoms with Gasteiger partial charge in [-0.05, 0) is 56.6 Å². The van der Waals surface area contributed by atoms with Crippen LogP contribution in [0.1, 0.15) is 41.4 Å². The number of hydroxylamine groups is 2. The number of rotatable bonds is 4. The van der Waals surface area contributed by atoms with E-state index < -0.39 is 23.8 Å². The number of carboxylic acid groups (broad SMARTS) is 2. The molecule has 34 heavy (non-hydrogen) atoms. The fourth-order valence-corrected chi connectivity index (χ4v) is 4.74. The third-order valence-electron chi connectivity index (χ3n) is 6.05. The smallest absolute Gasteiger partial charge is 0.336 e. The molecule has 0 saturated carbocycles. The summed E-state index contributed by atoms with van der Waals surface area (Å²) in [6.45, 7) is 0. The molecule has 10 nitrogen and oxygen atoms in total. The molecule has 0 bridgehead atoms. The van der Waals surface area contributed by atoms with Crippen LogP contribution in [0.2, 0.25) is 0 Å². The zero-order chi connectivity index (χ0) is 24.3. The largest absolute Gasteiger partial charge is 0.478 e. The molecular weight excluding hydrogens is 444 g/mol. The van der Waals surface area contributed by atoms with Crippen molar-refractivity contribution < 1.29 is 39.8 Å². The first-order valence-corrected chi connectivity index (χ1v) is 9.85. The highest BCUT2D eigenvalue weighted by molar-refractivity contribution is 6.38. The number of carboxylic acids is 2. The first-order chi connectivity index (χ1) is 16.3. The Morgan fingerprint density at radius 1 is 0.471 bits per heavy atom. The molecule has 168 valence electrons. The van der Waals surface area contributed by atoms with E-state index in [9.17, 15) is 39.8 Å². The lowest BCUT2D eigenvalue weighted by atomic mass is 9.84. The van der Waals surface area contributed by atoms with Gasteiger partial charge in [0, 0.05) is 10.8 Å². The number of amides is 2. The Balaban J connectivity index is 2.12. The van der Waals surface area contributed by atoms with Gasteiger partial charge in [0.15, 0.2) is 0 Å². The van der Waals surface area contributed by atoms with Gasteiger partial charge in [-0.15, -0.1) is 0 Å². The average Bonchev–Trinajstić information content (AvgIpc) is 2.84. The number of nitrogens with one attached hydrogen (secondary N) is 2. The normalized spacial score (nSPS) is 11.4. The van der Waals surface area contributed by atoms with Crippen LogP contribution in [-0.4, -0.2) is 44.4 Å². The predicted octanol–water partition coefficient (Wildman–Crippen LogP) is 3.37. The Labute approximate surface area is 188 Å². The van der Waals surface area contributed by atoms with Crippen molar-refractivity contribution in [2.24, 2.45) is 0 Å². The molecule has 0 saturated heterocycles. The van der Waals surface area contributed by atoms with E-state index in [1.165, 1.54) is 24.3 Å². The molecule has 0 fully saturated rings. The number of carbonyl (C=O) groups is 4. The Morgan fingerprint density at radius 2 is 0.765 bits per heavy atom. The Bertz CT molecular complexity index is 1610. The first-order valence-electron chi connectivity index (χ1n) is 9.85.